The fourth-order valence-corrected chi connectivity index (χ4v) is 6.55. The second-order valence-electron chi connectivity index (χ2n) is 15.4. The maximum absolute atomic E-state index is 14.0. The van der Waals surface area contributed by atoms with Gasteiger partial charge in [0.25, 0.3) is 0 Å². The summed E-state index contributed by atoms with van der Waals surface area (Å²) in [6, 6.07) is 28.2. The highest BCUT2D eigenvalue weighted by Crippen LogP contribution is 2.27. The van der Waals surface area contributed by atoms with Crippen LogP contribution in [0.5, 0.6) is 11.5 Å². The van der Waals surface area contributed by atoms with Crippen LogP contribution >= 0.6 is 0 Å². The number of carbonyl (C=O) groups excluding carboxylic acids is 2. The van der Waals surface area contributed by atoms with Gasteiger partial charge >= 0.3 is 5.97 Å². The largest absolute Gasteiger partial charge is 0.508 e. The van der Waals surface area contributed by atoms with Gasteiger partial charge in [0.05, 0.1) is 19.1 Å². The molecule has 0 bridgehead atoms. The van der Waals surface area contributed by atoms with E-state index >= 15 is 0 Å². The van der Waals surface area contributed by atoms with Crippen molar-refractivity contribution in [3.8, 4) is 34.0 Å². The van der Waals surface area contributed by atoms with Gasteiger partial charge in [0.15, 0.2) is 11.6 Å². The van der Waals surface area contributed by atoms with E-state index in [-0.39, 0.29) is 29.8 Å². The number of hydrogen-bond donors (Lipinski definition) is 3. The number of aromatic nitrogens is 2. The third kappa shape index (κ3) is 12.1. The van der Waals surface area contributed by atoms with Crippen LogP contribution in [-0.4, -0.2) is 44.4 Å². The van der Waals surface area contributed by atoms with Gasteiger partial charge in [-0.25, -0.2) is 9.97 Å². The molecular weight excluding hydrogens is 703 g/mol. The van der Waals surface area contributed by atoms with Crippen LogP contribution in [0.4, 0.5) is 0 Å². The number of benzene rings is 4. The lowest BCUT2D eigenvalue weighted by atomic mass is 9.85. The van der Waals surface area contributed by atoms with E-state index in [1.54, 1.807) is 36.7 Å². The van der Waals surface area contributed by atoms with E-state index in [4.69, 9.17) is 4.74 Å². The molecule has 0 radical (unpaired) electrons. The quantitative estimate of drug-likeness (QED) is 0.0559. The molecule has 1 unspecified atom stereocenters. The second-order valence-corrected chi connectivity index (χ2v) is 15.4. The Morgan fingerprint density at radius 2 is 1.43 bits per heavy atom. The van der Waals surface area contributed by atoms with Gasteiger partial charge in [-0.1, -0.05) is 126 Å². The summed E-state index contributed by atoms with van der Waals surface area (Å²) < 4.78 is 5.91. The van der Waals surface area contributed by atoms with Gasteiger partial charge < -0.3 is 20.3 Å². The standard InChI is InChI=1S/C47H53N3O6/c1-5-6-7-8-9-25-56-41-23-19-33(20-24-41)38-30-48-45(49-31-38)35-15-13-32(14-16-35)26-37(28-43(52)34-17-21-39(22-18-34)47(2,3)4)46(55)50-42(29-44(53)54)36-11-10-12-40(51)27-36/h10-24,27,30-31,37,42,51H,5-9,25-26,28-29H2,1-4H3,(H,50,55)(H,53,54)/t37-,42?/m1/s1. The monoisotopic (exact) mass is 755 g/mol. The number of nitrogens with zero attached hydrogens (tertiary/aromatic N) is 2. The highest BCUT2D eigenvalue weighted by molar-refractivity contribution is 5.98. The highest BCUT2D eigenvalue weighted by Gasteiger charge is 2.27. The zero-order valence-electron chi connectivity index (χ0n) is 32.8. The first-order chi connectivity index (χ1) is 26.9. The Morgan fingerprint density at radius 3 is 2.05 bits per heavy atom. The smallest absolute Gasteiger partial charge is 0.305 e. The number of hydrogen-bond acceptors (Lipinski definition) is 7. The van der Waals surface area contributed by atoms with Crippen LogP contribution in [0.2, 0.25) is 0 Å². The van der Waals surface area contributed by atoms with E-state index in [2.05, 4.69) is 43.0 Å². The van der Waals surface area contributed by atoms with Gasteiger partial charge in [0, 0.05) is 41.4 Å². The van der Waals surface area contributed by atoms with Crippen molar-refractivity contribution in [2.24, 2.45) is 5.92 Å². The van der Waals surface area contributed by atoms with E-state index in [1.807, 2.05) is 60.7 Å². The SMILES string of the molecule is CCCCCCCOc1ccc(-c2cnc(-c3ccc(C[C@H](CC(=O)c4ccc(C(C)(C)C)cc4)C(=O)NC(CC(=O)O)c4cccc(O)c4)cc3)nc2)cc1. The molecule has 5 rings (SSSR count). The molecule has 4 aromatic carbocycles. The lowest BCUT2D eigenvalue weighted by molar-refractivity contribution is -0.138. The van der Waals surface area contributed by atoms with Gasteiger partial charge in [0.1, 0.15) is 11.5 Å². The van der Waals surface area contributed by atoms with Crippen molar-refractivity contribution in [3.63, 3.8) is 0 Å². The van der Waals surface area contributed by atoms with Crippen LogP contribution in [-0.2, 0) is 21.4 Å². The third-order valence-electron chi connectivity index (χ3n) is 9.89. The van der Waals surface area contributed by atoms with Crippen molar-refractivity contribution in [2.45, 2.75) is 90.5 Å². The van der Waals surface area contributed by atoms with E-state index in [9.17, 15) is 24.6 Å². The summed E-state index contributed by atoms with van der Waals surface area (Å²) in [6.07, 6.45) is 9.31. The van der Waals surface area contributed by atoms with Crippen molar-refractivity contribution < 1.29 is 29.3 Å². The van der Waals surface area contributed by atoms with Gasteiger partial charge in [-0.3, -0.25) is 14.4 Å². The molecule has 1 aromatic heterocycles. The number of nitrogens with one attached hydrogen (secondary N) is 1. The minimum Gasteiger partial charge on any atom is -0.508 e. The Morgan fingerprint density at radius 1 is 0.768 bits per heavy atom. The molecule has 0 aliphatic carbocycles. The molecule has 0 spiro atoms. The molecule has 1 heterocycles. The fourth-order valence-electron chi connectivity index (χ4n) is 6.55. The van der Waals surface area contributed by atoms with Crippen LogP contribution in [0.1, 0.15) is 106 Å². The predicted octanol–water partition coefficient (Wildman–Crippen LogP) is 9.93. The molecule has 1 amide bonds. The topological polar surface area (TPSA) is 139 Å². The molecule has 56 heavy (non-hydrogen) atoms. The number of Topliss-reactive ketones (excluding diaryl/α,β-unsaturated/α-hetero) is 1. The maximum Gasteiger partial charge on any atom is 0.305 e. The minimum absolute atomic E-state index is 0.0425. The first-order valence-electron chi connectivity index (χ1n) is 19.5. The number of unbranched alkanes of at least 4 members (excludes halogenated alkanes) is 4. The number of ether oxygens (including phenoxy) is 1. The Bertz CT molecular complexity index is 2040. The molecule has 2 atom stereocenters. The van der Waals surface area contributed by atoms with Gasteiger partial charge in [-0.05, 0) is 64.8 Å². The molecule has 9 heteroatoms. The second kappa shape index (κ2) is 19.7. The summed E-state index contributed by atoms with van der Waals surface area (Å²) in [6.45, 7) is 9.23. The number of carboxylic acids is 1. The third-order valence-corrected chi connectivity index (χ3v) is 9.89. The molecule has 0 saturated heterocycles. The average Bonchev–Trinajstić information content (AvgIpc) is 3.19. The van der Waals surface area contributed by atoms with Crippen LogP contribution in [0.25, 0.3) is 22.5 Å². The lowest BCUT2D eigenvalue weighted by Crippen LogP contribution is -2.37. The molecule has 0 aliphatic heterocycles. The summed E-state index contributed by atoms with van der Waals surface area (Å²) in [4.78, 5) is 48.6. The van der Waals surface area contributed by atoms with Crippen LogP contribution in [0, 0.1) is 5.92 Å². The van der Waals surface area contributed by atoms with E-state index in [1.165, 1.54) is 37.8 Å². The number of carboxylic acid groups (broad SMARTS) is 1. The number of aromatic hydroxyl groups is 1. The van der Waals surface area contributed by atoms with E-state index in [0.717, 1.165) is 40.0 Å². The molecule has 292 valence electrons. The molecule has 5 aromatic rings. The number of rotatable bonds is 19. The Balaban J connectivity index is 1.28. The summed E-state index contributed by atoms with van der Waals surface area (Å²) in [7, 11) is 0. The van der Waals surface area contributed by atoms with Crippen LogP contribution < -0.4 is 10.1 Å². The van der Waals surface area contributed by atoms with Crippen molar-refractivity contribution in [2.75, 3.05) is 6.61 Å². The minimum atomic E-state index is -1.11. The number of ketones is 1. The normalized spacial score (nSPS) is 12.4. The van der Waals surface area contributed by atoms with Crippen molar-refractivity contribution in [1.29, 1.82) is 0 Å². The molecule has 3 N–H and O–H groups in total. The number of carbonyl (C=O) groups is 3. The van der Waals surface area contributed by atoms with Crippen molar-refractivity contribution >= 4 is 17.7 Å². The zero-order chi connectivity index (χ0) is 40.1. The molecular formula is C47H53N3O6. The summed E-state index contributed by atoms with van der Waals surface area (Å²) in [5.74, 6) is -1.21. The van der Waals surface area contributed by atoms with E-state index in [0.29, 0.717) is 23.6 Å². The Labute approximate surface area is 330 Å². The van der Waals surface area contributed by atoms with Crippen molar-refractivity contribution in [3.05, 3.63) is 132 Å². The first-order valence-corrected chi connectivity index (χ1v) is 19.5. The molecule has 0 saturated carbocycles. The molecule has 9 nitrogen and oxygen atoms in total. The van der Waals surface area contributed by atoms with Gasteiger partial charge in [-0.2, -0.15) is 0 Å². The Kier molecular flexibility index (Phi) is 14.5. The number of phenols is 1. The Hall–Kier alpha value is -5.83. The zero-order valence-corrected chi connectivity index (χ0v) is 32.8. The predicted molar refractivity (Wildman–Crippen MR) is 220 cm³/mol. The van der Waals surface area contributed by atoms with Crippen LogP contribution in [0.3, 0.4) is 0 Å². The van der Waals surface area contributed by atoms with Gasteiger partial charge in [0.2, 0.25) is 5.91 Å². The summed E-state index contributed by atoms with van der Waals surface area (Å²) in [5, 5.41) is 22.6. The maximum atomic E-state index is 14.0. The highest BCUT2D eigenvalue weighted by atomic mass is 16.5. The molecule has 0 aliphatic rings. The molecule has 0 fully saturated rings. The van der Waals surface area contributed by atoms with Gasteiger partial charge in [-0.15, -0.1) is 0 Å². The number of amides is 1. The van der Waals surface area contributed by atoms with E-state index < -0.39 is 30.3 Å². The first kappa shape index (κ1) is 41.3. The number of aliphatic carboxylic acids is 1. The lowest BCUT2D eigenvalue weighted by Gasteiger charge is -2.23. The fraction of sp³-hybridized carbons (Fsp3) is 0.340. The van der Waals surface area contributed by atoms with Crippen molar-refractivity contribution in [1.82, 2.24) is 15.3 Å². The summed E-state index contributed by atoms with van der Waals surface area (Å²) >= 11 is 0. The van der Waals surface area contributed by atoms with Crippen LogP contribution in [0.15, 0.2) is 109 Å². The average molecular weight is 756 g/mol. The summed E-state index contributed by atoms with van der Waals surface area (Å²) in [5.41, 5.74) is 5.44. The number of phenolic OH excluding ortho intramolecular Hbond substituents is 1.